The van der Waals surface area contributed by atoms with Crippen LogP contribution in [-0.2, 0) is 6.54 Å². The number of aliphatic hydroxyl groups excluding tert-OH is 1. The smallest absolute Gasteiger partial charge is 0.0794 e. The Morgan fingerprint density at radius 3 is 3.15 bits per heavy atom. The number of aromatic nitrogens is 1. The van der Waals surface area contributed by atoms with Crippen molar-refractivity contribution in [3.8, 4) is 0 Å². The van der Waals surface area contributed by atoms with Gasteiger partial charge in [-0.25, -0.2) is 0 Å². The first-order chi connectivity index (χ1) is 6.25. The SMILES string of the molecule is C[C@H]1C[C@@H](O)CN1Cc1cncs1. The molecule has 3 nitrogen and oxygen atoms in total. The van der Waals surface area contributed by atoms with E-state index in [2.05, 4.69) is 16.8 Å². The number of aliphatic hydroxyl groups is 1. The van der Waals surface area contributed by atoms with Crippen molar-refractivity contribution >= 4 is 11.3 Å². The van der Waals surface area contributed by atoms with Gasteiger partial charge in [-0.3, -0.25) is 9.88 Å². The maximum atomic E-state index is 9.44. The average molecular weight is 198 g/mol. The van der Waals surface area contributed by atoms with Crippen LogP contribution >= 0.6 is 11.3 Å². The molecule has 2 atom stereocenters. The van der Waals surface area contributed by atoms with Crippen molar-refractivity contribution in [2.24, 2.45) is 0 Å². The second-order valence-electron chi connectivity index (χ2n) is 3.64. The molecular weight excluding hydrogens is 184 g/mol. The zero-order valence-corrected chi connectivity index (χ0v) is 8.50. The Balaban J connectivity index is 1.95. The molecule has 1 fully saturated rings. The minimum atomic E-state index is -0.136. The second-order valence-corrected chi connectivity index (χ2v) is 4.61. The van der Waals surface area contributed by atoms with E-state index in [1.165, 1.54) is 4.88 Å². The third-order valence-corrected chi connectivity index (χ3v) is 3.29. The van der Waals surface area contributed by atoms with Crippen molar-refractivity contribution in [2.45, 2.75) is 32.0 Å². The molecule has 0 spiro atoms. The monoisotopic (exact) mass is 198 g/mol. The van der Waals surface area contributed by atoms with E-state index in [1.807, 2.05) is 11.7 Å². The summed E-state index contributed by atoms with van der Waals surface area (Å²) in [7, 11) is 0. The molecular formula is C9H14N2OS. The van der Waals surface area contributed by atoms with E-state index in [1.54, 1.807) is 11.3 Å². The lowest BCUT2D eigenvalue weighted by Crippen LogP contribution is -2.26. The summed E-state index contributed by atoms with van der Waals surface area (Å²) in [6, 6.07) is 0.497. The van der Waals surface area contributed by atoms with Crippen LogP contribution in [0, 0.1) is 0 Å². The number of nitrogens with zero attached hydrogens (tertiary/aromatic N) is 2. The maximum absolute atomic E-state index is 9.44. The Kier molecular flexibility index (Phi) is 2.62. The molecule has 0 saturated carbocycles. The van der Waals surface area contributed by atoms with Crippen LogP contribution in [0.1, 0.15) is 18.2 Å². The molecule has 72 valence electrons. The summed E-state index contributed by atoms with van der Waals surface area (Å²) in [6.07, 6.45) is 2.67. The van der Waals surface area contributed by atoms with E-state index in [-0.39, 0.29) is 6.10 Å². The Hall–Kier alpha value is -0.450. The van der Waals surface area contributed by atoms with Gasteiger partial charge in [-0.2, -0.15) is 0 Å². The second kappa shape index (κ2) is 3.74. The van der Waals surface area contributed by atoms with Gasteiger partial charge in [0.2, 0.25) is 0 Å². The zero-order chi connectivity index (χ0) is 9.26. The summed E-state index contributed by atoms with van der Waals surface area (Å²) >= 11 is 1.68. The van der Waals surface area contributed by atoms with E-state index in [0.717, 1.165) is 19.5 Å². The van der Waals surface area contributed by atoms with Crippen LogP contribution < -0.4 is 0 Å². The number of likely N-dealkylation sites (tertiary alicyclic amines) is 1. The summed E-state index contributed by atoms with van der Waals surface area (Å²) in [5.41, 5.74) is 1.85. The minimum absolute atomic E-state index is 0.136. The fourth-order valence-electron chi connectivity index (χ4n) is 1.81. The van der Waals surface area contributed by atoms with E-state index < -0.39 is 0 Å². The van der Waals surface area contributed by atoms with Gasteiger partial charge in [-0.1, -0.05) is 0 Å². The highest BCUT2D eigenvalue weighted by atomic mass is 32.1. The molecule has 0 aliphatic carbocycles. The highest BCUT2D eigenvalue weighted by molar-refractivity contribution is 7.09. The third-order valence-electron chi connectivity index (χ3n) is 2.52. The average Bonchev–Trinajstić information content (AvgIpc) is 2.63. The lowest BCUT2D eigenvalue weighted by molar-refractivity contribution is 0.173. The van der Waals surface area contributed by atoms with E-state index in [0.29, 0.717) is 6.04 Å². The minimum Gasteiger partial charge on any atom is -0.392 e. The van der Waals surface area contributed by atoms with Gasteiger partial charge in [0.05, 0.1) is 11.6 Å². The highest BCUT2D eigenvalue weighted by Crippen LogP contribution is 2.20. The molecule has 0 bridgehead atoms. The Morgan fingerprint density at radius 2 is 2.62 bits per heavy atom. The van der Waals surface area contributed by atoms with Gasteiger partial charge in [0.25, 0.3) is 0 Å². The lowest BCUT2D eigenvalue weighted by atomic mass is 10.2. The Labute approximate surface area is 82.0 Å². The maximum Gasteiger partial charge on any atom is 0.0794 e. The first kappa shape index (κ1) is 9.12. The van der Waals surface area contributed by atoms with Crippen molar-refractivity contribution in [3.63, 3.8) is 0 Å². The zero-order valence-electron chi connectivity index (χ0n) is 7.68. The summed E-state index contributed by atoms with van der Waals surface area (Å²) in [4.78, 5) is 7.62. The fourth-order valence-corrected chi connectivity index (χ4v) is 2.43. The van der Waals surface area contributed by atoms with Gasteiger partial charge in [0, 0.05) is 30.2 Å². The van der Waals surface area contributed by atoms with E-state index >= 15 is 0 Å². The van der Waals surface area contributed by atoms with E-state index in [9.17, 15) is 5.11 Å². The van der Waals surface area contributed by atoms with E-state index in [4.69, 9.17) is 0 Å². The van der Waals surface area contributed by atoms with Gasteiger partial charge in [-0.15, -0.1) is 11.3 Å². The van der Waals surface area contributed by atoms with Gasteiger partial charge in [0.1, 0.15) is 0 Å². The molecule has 1 aliphatic rings. The van der Waals surface area contributed by atoms with Gasteiger partial charge in [0.15, 0.2) is 0 Å². The summed E-state index contributed by atoms with van der Waals surface area (Å²) in [5, 5.41) is 9.44. The van der Waals surface area contributed by atoms with Crippen LogP contribution in [0.25, 0.3) is 0 Å². The van der Waals surface area contributed by atoms with Crippen LogP contribution in [-0.4, -0.2) is 33.7 Å². The molecule has 1 aliphatic heterocycles. The number of rotatable bonds is 2. The topological polar surface area (TPSA) is 36.4 Å². The Morgan fingerprint density at radius 1 is 1.77 bits per heavy atom. The summed E-state index contributed by atoms with van der Waals surface area (Å²) < 4.78 is 0. The molecule has 1 aromatic heterocycles. The number of thiazole rings is 1. The van der Waals surface area contributed by atoms with Crippen molar-refractivity contribution in [1.82, 2.24) is 9.88 Å². The molecule has 0 aromatic carbocycles. The number of β-amino-alcohol motifs (C(OH)–C–C–N with tert-alkyl or cyclic N) is 1. The van der Waals surface area contributed by atoms with Gasteiger partial charge < -0.3 is 5.11 Å². The molecule has 1 aromatic rings. The highest BCUT2D eigenvalue weighted by Gasteiger charge is 2.27. The molecule has 1 N–H and O–H groups in total. The number of hydrogen-bond donors (Lipinski definition) is 1. The van der Waals surface area contributed by atoms with Crippen LogP contribution in [0.5, 0.6) is 0 Å². The molecule has 1 saturated heterocycles. The van der Waals surface area contributed by atoms with Gasteiger partial charge in [-0.05, 0) is 13.3 Å². The van der Waals surface area contributed by atoms with Crippen LogP contribution in [0.3, 0.4) is 0 Å². The van der Waals surface area contributed by atoms with Crippen LogP contribution in [0.4, 0.5) is 0 Å². The predicted molar refractivity (Wildman–Crippen MR) is 52.6 cm³/mol. The predicted octanol–water partition coefficient (Wildman–Crippen LogP) is 1.10. The first-order valence-electron chi connectivity index (χ1n) is 4.55. The molecule has 0 unspecified atom stereocenters. The standard InChI is InChI=1S/C9H14N2OS/c1-7-2-8(12)4-11(7)5-9-3-10-6-13-9/h3,6-8,12H,2,4-5H2,1H3/t7-,8+/m0/s1. The summed E-state index contributed by atoms with van der Waals surface area (Å²) in [6.45, 7) is 3.90. The molecule has 13 heavy (non-hydrogen) atoms. The first-order valence-corrected chi connectivity index (χ1v) is 5.43. The van der Waals surface area contributed by atoms with Crippen LogP contribution in [0.15, 0.2) is 11.7 Å². The van der Waals surface area contributed by atoms with Gasteiger partial charge >= 0.3 is 0 Å². The van der Waals surface area contributed by atoms with Crippen molar-refractivity contribution in [3.05, 3.63) is 16.6 Å². The molecule has 4 heteroatoms. The molecule has 0 radical (unpaired) electrons. The Bertz CT molecular complexity index is 263. The fraction of sp³-hybridized carbons (Fsp3) is 0.667. The lowest BCUT2D eigenvalue weighted by Gasteiger charge is -2.18. The summed E-state index contributed by atoms with van der Waals surface area (Å²) in [5.74, 6) is 0. The molecule has 0 amide bonds. The number of hydrogen-bond acceptors (Lipinski definition) is 4. The normalized spacial score (nSPS) is 29.7. The van der Waals surface area contributed by atoms with Crippen molar-refractivity contribution in [1.29, 1.82) is 0 Å². The molecule has 2 heterocycles. The third kappa shape index (κ3) is 2.07. The van der Waals surface area contributed by atoms with Crippen molar-refractivity contribution < 1.29 is 5.11 Å². The molecule has 2 rings (SSSR count). The quantitative estimate of drug-likeness (QED) is 0.773. The largest absolute Gasteiger partial charge is 0.392 e. The van der Waals surface area contributed by atoms with Crippen LogP contribution in [0.2, 0.25) is 0 Å². The van der Waals surface area contributed by atoms with Crippen molar-refractivity contribution in [2.75, 3.05) is 6.54 Å².